The molecular weight excluding hydrogens is 315 g/mol. The Bertz CT molecular complexity index is 885. The molecule has 2 aromatic heterocycles. The lowest BCUT2D eigenvalue weighted by Crippen LogP contribution is -2.41. The molecule has 6 nitrogen and oxygen atoms in total. The normalized spacial score (nSPS) is 12.6. The number of rotatable bonds is 3. The molecule has 2 heterocycles. The van der Waals surface area contributed by atoms with Crippen LogP contribution in [0.1, 0.15) is 50.3 Å². The second-order valence-corrected chi connectivity index (χ2v) is 5.79. The van der Waals surface area contributed by atoms with E-state index in [4.69, 9.17) is 0 Å². The van der Waals surface area contributed by atoms with E-state index in [0.29, 0.717) is 0 Å². The van der Waals surface area contributed by atoms with Crippen LogP contribution in [0.3, 0.4) is 0 Å². The van der Waals surface area contributed by atoms with E-state index >= 15 is 0 Å². The number of aromatic amines is 1. The second kappa shape index (κ2) is 5.39. The summed E-state index contributed by atoms with van der Waals surface area (Å²) in [5.74, 6) is -2.09. The van der Waals surface area contributed by atoms with Crippen molar-refractivity contribution in [3.63, 3.8) is 0 Å². The standard InChI is InChI=1S/C14H16F3N3O3/c1-6(2)19-11-8(12(22)20(7(3)4)13(19)23)5-9(18-11)10(21)14(15,16)17/h5-7,18H,1-4H3. The average molecular weight is 331 g/mol. The van der Waals surface area contributed by atoms with Gasteiger partial charge in [-0.1, -0.05) is 0 Å². The van der Waals surface area contributed by atoms with Gasteiger partial charge < -0.3 is 4.98 Å². The van der Waals surface area contributed by atoms with Gasteiger partial charge in [0.2, 0.25) is 0 Å². The molecule has 2 rings (SSSR count). The van der Waals surface area contributed by atoms with Crippen LogP contribution in [0, 0.1) is 0 Å². The highest BCUT2D eigenvalue weighted by Gasteiger charge is 2.40. The highest BCUT2D eigenvalue weighted by molar-refractivity contribution is 6.02. The van der Waals surface area contributed by atoms with Crippen molar-refractivity contribution in [2.45, 2.75) is 46.0 Å². The zero-order valence-electron chi connectivity index (χ0n) is 13.0. The molecule has 0 fully saturated rings. The van der Waals surface area contributed by atoms with Gasteiger partial charge in [-0.25, -0.2) is 4.79 Å². The minimum absolute atomic E-state index is 0.0838. The van der Waals surface area contributed by atoms with Crippen molar-refractivity contribution >= 4 is 16.8 Å². The Hall–Kier alpha value is -2.32. The van der Waals surface area contributed by atoms with Gasteiger partial charge in [0, 0.05) is 12.1 Å². The summed E-state index contributed by atoms with van der Waals surface area (Å²) in [5.41, 5.74) is -2.21. The molecule has 2 aromatic rings. The molecule has 0 radical (unpaired) electrons. The molecule has 0 aliphatic rings. The Morgan fingerprint density at radius 2 is 1.61 bits per heavy atom. The van der Waals surface area contributed by atoms with Gasteiger partial charge in [-0.2, -0.15) is 13.2 Å². The molecule has 9 heteroatoms. The maximum absolute atomic E-state index is 12.6. The summed E-state index contributed by atoms with van der Waals surface area (Å²) in [4.78, 5) is 38.5. The third kappa shape index (κ3) is 2.71. The van der Waals surface area contributed by atoms with Crippen molar-refractivity contribution in [1.29, 1.82) is 0 Å². The molecule has 0 aromatic carbocycles. The van der Waals surface area contributed by atoms with Crippen LogP contribution in [0.2, 0.25) is 0 Å². The first kappa shape index (κ1) is 17.0. The first-order valence-electron chi connectivity index (χ1n) is 6.98. The summed E-state index contributed by atoms with van der Waals surface area (Å²) in [6, 6.07) is -0.0332. The molecular formula is C14H16F3N3O3. The number of hydrogen-bond acceptors (Lipinski definition) is 3. The lowest BCUT2D eigenvalue weighted by Gasteiger charge is -2.16. The fourth-order valence-corrected chi connectivity index (χ4v) is 2.43. The van der Waals surface area contributed by atoms with E-state index in [9.17, 15) is 27.6 Å². The Morgan fingerprint density at radius 3 is 2.04 bits per heavy atom. The highest BCUT2D eigenvalue weighted by Crippen LogP contribution is 2.23. The first-order chi connectivity index (χ1) is 10.5. The SMILES string of the molecule is CC(C)n1c(=O)c2cc(C(=O)C(F)(F)F)[nH]c2n(C(C)C)c1=O. The molecule has 23 heavy (non-hydrogen) atoms. The van der Waals surface area contributed by atoms with Gasteiger partial charge in [-0.3, -0.25) is 18.7 Å². The monoisotopic (exact) mass is 331 g/mol. The molecule has 0 spiro atoms. The zero-order valence-corrected chi connectivity index (χ0v) is 13.0. The van der Waals surface area contributed by atoms with Crippen LogP contribution in [0.4, 0.5) is 13.2 Å². The molecule has 0 saturated carbocycles. The summed E-state index contributed by atoms with van der Waals surface area (Å²) in [6.07, 6.45) is -5.07. The van der Waals surface area contributed by atoms with Crippen molar-refractivity contribution < 1.29 is 18.0 Å². The van der Waals surface area contributed by atoms with E-state index in [1.54, 1.807) is 27.7 Å². The number of carbonyl (C=O) groups excluding carboxylic acids is 1. The molecule has 0 atom stereocenters. The highest BCUT2D eigenvalue weighted by atomic mass is 19.4. The van der Waals surface area contributed by atoms with Crippen molar-refractivity contribution in [2.75, 3.05) is 0 Å². The maximum atomic E-state index is 12.6. The van der Waals surface area contributed by atoms with Gasteiger partial charge in [-0.15, -0.1) is 0 Å². The number of Topliss-reactive ketones (excluding diaryl/α,β-unsaturated/α-hetero) is 1. The Kier molecular flexibility index (Phi) is 4.00. The fourth-order valence-electron chi connectivity index (χ4n) is 2.43. The number of hydrogen-bond donors (Lipinski definition) is 1. The lowest BCUT2D eigenvalue weighted by molar-refractivity contribution is -0.0887. The van der Waals surface area contributed by atoms with E-state index in [0.717, 1.165) is 10.6 Å². The molecule has 0 aliphatic heterocycles. The molecule has 0 saturated heterocycles. The molecule has 0 unspecified atom stereocenters. The number of ketones is 1. The van der Waals surface area contributed by atoms with Crippen molar-refractivity contribution in [1.82, 2.24) is 14.1 Å². The Labute approximate surface area is 128 Å². The van der Waals surface area contributed by atoms with E-state index in [1.165, 1.54) is 4.57 Å². The van der Waals surface area contributed by atoms with E-state index < -0.39 is 41.0 Å². The fraction of sp³-hybridized carbons (Fsp3) is 0.500. The number of carbonyl (C=O) groups is 1. The number of fused-ring (bicyclic) bond motifs is 1. The van der Waals surface area contributed by atoms with E-state index in [1.807, 2.05) is 0 Å². The molecule has 0 bridgehead atoms. The molecule has 1 N–H and O–H groups in total. The van der Waals surface area contributed by atoms with Crippen LogP contribution in [0.5, 0.6) is 0 Å². The smallest absolute Gasteiger partial charge is 0.338 e. The summed E-state index contributed by atoms with van der Waals surface area (Å²) in [7, 11) is 0. The van der Waals surface area contributed by atoms with Crippen LogP contribution in [-0.4, -0.2) is 26.1 Å². The number of H-pyrrole nitrogens is 1. The quantitative estimate of drug-likeness (QED) is 0.878. The van der Waals surface area contributed by atoms with Crippen molar-refractivity contribution in [3.8, 4) is 0 Å². The summed E-state index contributed by atoms with van der Waals surface area (Å²) < 4.78 is 39.9. The van der Waals surface area contributed by atoms with Gasteiger partial charge in [0.1, 0.15) is 5.65 Å². The van der Waals surface area contributed by atoms with Gasteiger partial charge >= 0.3 is 11.9 Å². The van der Waals surface area contributed by atoms with Gasteiger partial charge in [0.15, 0.2) is 0 Å². The number of aromatic nitrogens is 3. The van der Waals surface area contributed by atoms with Gasteiger partial charge in [-0.05, 0) is 33.8 Å². The first-order valence-corrected chi connectivity index (χ1v) is 6.98. The third-order valence-electron chi connectivity index (χ3n) is 3.43. The van der Waals surface area contributed by atoms with E-state index in [2.05, 4.69) is 4.98 Å². The summed E-state index contributed by atoms with van der Waals surface area (Å²) in [5, 5.41) is -0.125. The second-order valence-electron chi connectivity index (χ2n) is 5.79. The number of halogens is 3. The minimum atomic E-state index is -5.07. The lowest BCUT2D eigenvalue weighted by atomic mass is 10.2. The van der Waals surface area contributed by atoms with Crippen LogP contribution < -0.4 is 11.2 Å². The predicted molar refractivity (Wildman–Crippen MR) is 78.0 cm³/mol. The maximum Gasteiger partial charge on any atom is 0.456 e. The van der Waals surface area contributed by atoms with Gasteiger partial charge in [0.05, 0.1) is 11.1 Å². The molecule has 0 aliphatic carbocycles. The summed E-state index contributed by atoms with van der Waals surface area (Å²) in [6.45, 7) is 6.55. The van der Waals surface area contributed by atoms with Crippen molar-refractivity contribution in [2.24, 2.45) is 0 Å². The van der Waals surface area contributed by atoms with Crippen LogP contribution in [0.15, 0.2) is 15.7 Å². The minimum Gasteiger partial charge on any atom is -0.338 e. The summed E-state index contributed by atoms with van der Waals surface area (Å²) >= 11 is 0. The van der Waals surface area contributed by atoms with Crippen LogP contribution in [-0.2, 0) is 0 Å². The van der Waals surface area contributed by atoms with E-state index in [-0.39, 0.29) is 11.0 Å². The number of nitrogens with one attached hydrogen (secondary N) is 1. The largest absolute Gasteiger partial charge is 0.456 e. The van der Waals surface area contributed by atoms with Crippen LogP contribution in [0.25, 0.3) is 11.0 Å². The predicted octanol–water partition coefficient (Wildman–Crippen LogP) is 2.40. The Balaban J connectivity index is 2.93. The Morgan fingerprint density at radius 1 is 1.09 bits per heavy atom. The topological polar surface area (TPSA) is 76.9 Å². The zero-order chi connectivity index (χ0) is 17.7. The number of alkyl halides is 3. The molecule has 126 valence electrons. The average Bonchev–Trinajstić information content (AvgIpc) is 2.80. The third-order valence-corrected chi connectivity index (χ3v) is 3.43. The van der Waals surface area contributed by atoms with Gasteiger partial charge in [0.25, 0.3) is 11.3 Å². The number of nitrogens with zero attached hydrogens (tertiary/aromatic N) is 2. The molecule has 0 amide bonds. The van der Waals surface area contributed by atoms with Crippen LogP contribution >= 0.6 is 0 Å². The van der Waals surface area contributed by atoms with Crippen molar-refractivity contribution in [3.05, 3.63) is 32.6 Å².